The van der Waals surface area contributed by atoms with Gasteiger partial charge in [-0.05, 0) is 44.4 Å². The second-order valence-electron chi connectivity index (χ2n) is 4.80. The van der Waals surface area contributed by atoms with Crippen LogP contribution in [0.25, 0.3) is 0 Å². The van der Waals surface area contributed by atoms with Gasteiger partial charge in [0, 0.05) is 23.9 Å². The molecule has 0 aliphatic heterocycles. The first-order valence-electron chi connectivity index (χ1n) is 6.38. The Bertz CT molecular complexity index is 441. The van der Waals surface area contributed by atoms with Gasteiger partial charge in [0.15, 0.2) is 0 Å². The lowest BCUT2D eigenvalue weighted by Crippen LogP contribution is -2.41. The van der Waals surface area contributed by atoms with Crippen molar-refractivity contribution in [2.75, 3.05) is 11.9 Å². The summed E-state index contributed by atoms with van der Waals surface area (Å²) in [5, 5.41) is 3.51. The molecule has 1 aromatic carbocycles. The van der Waals surface area contributed by atoms with Crippen LogP contribution < -0.4 is 11.1 Å². The van der Waals surface area contributed by atoms with Crippen molar-refractivity contribution in [2.24, 2.45) is 5.73 Å². The third-order valence-corrected chi connectivity index (χ3v) is 3.52. The van der Waals surface area contributed by atoms with Crippen molar-refractivity contribution in [1.82, 2.24) is 0 Å². The SMILES string of the molecule is CCOC1CC(Nc2cc(C)ccc2C(N)=S)C1. The van der Waals surface area contributed by atoms with Crippen LogP contribution in [-0.2, 0) is 4.74 Å². The van der Waals surface area contributed by atoms with Gasteiger partial charge in [0.2, 0.25) is 0 Å². The maximum Gasteiger partial charge on any atom is 0.106 e. The third kappa shape index (κ3) is 3.00. The quantitative estimate of drug-likeness (QED) is 0.803. The molecular formula is C14H20N2OS. The fourth-order valence-corrected chi connectivity index (χ4v) is 2.45. The molecule has 18 heavy (non-hydrogen) atoms. The van der Waals surface area contributed by atoms with Crippen molar-refractivity contribution in [3.05, 3.63) is 29.3 Å². The molecule has 0 aromatic heterocycles. The van der Waals surface area contributed by atoms with Crippen LogP contribution in [0.5, 0.6) is 0 Å². The Morgan fingerprint density at radius 1 is 1.50 bits per heavy atom. The van der Waals surface area contributed by atoms with E-state index in [-0.39, 0.29) is 0 Å². The van der Waals surface area contributed by atoms with Gasteiger partial charge in [0.05, 0.1) is 6.10 Å². The molecule has 1 aliphatic carbocycles. The minimum atomic E-state index is 0.408. The van der Waals surface area contributed by atoms with Gasteiger partial charge in [-0.3, -0.25) is 0 Å². The van der Waals surface area contributed by atoms with Crippen LogP contribution in [-0.4, -0.2) is 23.7 Å². The molecule has 0 unspecified atom stereocenters. The fourth-order valence-electron chi connectivity index (χ4n) is 2.27. The van der Waals surface area contributed by atoms with Crippen molar-refractivity contribution in [1.29, 1.82) is 0 Å². The number of aryl methyl sites for hydroxylation is 1. The number of benzene rings is 1. The number of nitrogens with one attached hydrogen (secondary N) is 1. The normalized spacial score (nSPS) is 22.3. The predicted octanol–water partition coefficient (Wildman–Crippen LogP) is 2.61. The lowest BCUT2D eigenvalue weighted by molar-refractivity contribution is 0.00299. The number of hydrogen-bond acceptors (Lipinski definition) is 3. The van der Waals surface area contributed by atoms with Crippen LogP contribution in [0.3, 0.4) is 0 Å². The van der Waals surface area contributed by atoms with Crippen LogP contribution in [0, 0.1) is 6.92 Å². The standard InChI is InChI=1S/C14H20N2OS/c1-3-17-11-7-10(8-11)16-13-6-9(2)4-5-12(13)14(15)18/h4-6,10-11,16H,3,7-8H2,1-2H3,(H2,15,18). The summed E-state index contributed by atoms with van der Waals surface area (Å²) in [6.45, 7) is 4.89. The molecule has 0 spiro atoms. The highest BCUT2D eigenvalue weighted by Crippen LogP contribution is 2.28. The Morgan fingerprint density at radius 2 is 2.22 bits per heavy atom. The first-order valence-corrected chi connectivity index (χ1v) is 6.79. The molecule has 1 aliphatic rings. The zero-order valence-corrected chi connectivity index (χ0v) is 11.7. The number of anilines is 1. The number of nitrogens with two attached hydrogens (primary N) is 1. The van der Waals surface area contributed by atoms with E-state index in [0.717, 1.165) is 30.7 Å². The molecule has 1 saturated carbocycles. The summed E-state index contributed by atoms with van der Waals surface area (Å²) in [4.78, 5) is 0.443. The molecule has 1 aromatic rings. The molecule has 0 saturated heterocycles. The molecule has 0 heterocycles. The monoisotopic (exact) mass is 264 g/mol. The molecule has 4 heteroatoms. The van der Waals surface area contributed by atoms with Gasteiger partial charge in [-0.2, -0.15) is 0 Å². The molecule has 0 atom stereocenters. The lowest BCUT2D eigenvalue weighted by Gasteiger charge is -2.36. The summed E-state index contributed by atoms with van der Waals surface area (Å²) in [5.41, 5.74) is 8.92. The first-order chi connectivity index (χ1) is 8.60. The van der Waals surface area contributed by atoms with E-state index >= 15 is 0 Å². The summed E-state index contributed by atoms with van der Waals surface area (Å²) < 4.78 is 5.56. The average molecular weight is 264 g/mol. The smallest absolute Gasteiger partial charge is 0.106 e. The molecule has 3 N–H and O–H groups in total. The Morgan fingerprint density at radius 3 is 2.83 bits per heavy atom. The first kappa shape index (κ1) is 13.3. The second-order valence-corrected chi connectivity index (χ2v) is 5.24. The van der Waals surface area contributed by atoms with Crippen molar-refractivity contribution in [3.63, 3.8) is 0 Å². The number of ether oxygens (including phenoxy) is 1. The van der Waals surface area contributed by atoms with E-state index in [1.807, 2.05) is 19.1 Å². The Kier molecular flexibility index (Phi) is 4.19. The molecule has 3 nitrogen and oxygen atoms in total. The van der Waals surface area contributed by atoms with Crippen LogP contribution in [0.2, 0.25) is 0 Å². The van der Waals surface area contributed by atoms with Crippen LogP contribution in [0.1, 0.15) is 30.9 Å². The Hall–Kier alpha value is -1.13. The lowest BCUT2D eigenvalue weighted by atomic mass is 9.88. The summed E-state index contributed by atoms with van der Waals surface area (Å²) in [7, 11) is 0. The highest BCUT2D eigenvalue weighted by molar-refractivity contribution is 7.80. The maximum absolute atomic E-state index is 5.74. The van der Waals surface area contributed by atoms with Gasteiger partial charge >= 0.3 is 0 Å². The van der Waals surface area contributed by atoms with Gasteiger partial charge in [-0.15, -0.1) is 0 Å². The minimum absolute atomic E-state index is 0.408. The van der Waals surface area contributed by atoms with E-state index in [1.54, 1.807) is 0 Å². The van der Waals surface area contributed by atoms with Crippen molar-refractivity contribution < 1.29 is 4.74 Å². The van der Waals surface area contributed by atoms with Crippen LogP contribution in [0.4, 0.5) is 5.69 Å². The maximum atomic E-state index is 5.74. The fraction of sp³-hybridized carbons (Fsp3) is 0.500. The molecule has 2 rings (SSSR count). The third-order valence-electron chi connectivity index (χ3n) is 3.30. The number of thiocarbonyl (C=S) groups is 1. The summed E-state index contributed by atoms with van der Waals surface area (Å²) >= 11 is 5.08. The largest absolute Gasteiger partial charge is 0.389 e. The van der Waals surface area contributed by atoms with E-state index in [1.165, 1.54) is 5.56 Å². The molecule has 98 valence electrons. The zero-order valence-electron chi connectivity index (χ0n) is 10.9. The topological polar surface area (TPSA) is 47.3 Å². The van der Waals surface area contributed by atoms with Crippen molar-refractivity contribution in [2.45, 2.75) is 38.8 Å². The summed E-state index contributed by atoms with van der Waals surface area (Å²) in [6.07, 6.45) is 2.52. The summed E-state index contributed by atoms with van der Waals surface area (Å²) in [6, 6.07) is 6.58. The highest BCUT2D eigenvalue weighted by atomic mass is 32.1. The zero-order chi connectivity index (χ0) is 13.1. The number of rotatable bonds is 5. The minimum Gasteiger partial charge on any atom is -0.389 e. The summed E-state index contributed by atoms with van der Waals surface area (Å²) in [5.74, 6) is 0. The Balaban J connectivity index is 2.01. The van der Waals surface area contributed by atoms with E-state index in [2.05, 4.69) is 18.3 Å². The highest BCUT2D eigenvalue weighted by Gasteiger charge is 2.29. The van der Waals surface area contributed by atoms with Gasteiger partial charge in [0.25, 0.3) is 0 Å². The predicted molar refractivity (Wildman–Crippen MR) is 79.1 cm³/mol. The van der Waals surface area contributed by atoms with Gasteiger partial charge in [-0.1, -0.05) is 18.3 Å². The molecule has 1 fully saturated rings. The molecule has 0 bridgehead atoms. The van der Waals surface area contributed by atoms with E-state index in [4.69, 9.17) is 22.7 Å². The van der Waals surface area contributed by atoms with Crippen molar-refractivity contribution in [3.8, 4) is 0 Å². The van der Waals surface area contributed by atoms with E-state index in [0.29, 0.717) is 17.1 Å². The van der Waals surface area contributed by atoms with Crippen LogP contribution >= 0.6 is 12.2 Å². The second kappa shape index (κ2) is 5.67. The molecule has 0 radical (unpaired) electrons. The molecular weight excluding hydrogens is 244 g/mol. The Labute approximate surface area is 114 Å². The van der Waals surface area contributed by atoms with Crippen LogP contribution in [0.15, 0.2) is 18.2 Å². The molecule has 0 amide bonds. The van der Waals surface area contributed by atoms with Crippen molar-refractivity contribution >= 4 is 22.9 Å². The average Bonchev–Trinajstić information content (AvgIpc) is 2.26. The van der Waals surface area contributed by atoms with Gasteiger partial charge in [0.1, 0.15) is 4.99 Å². The van der Waals surface area contributed by atoms with E-state index < -0.39 is 0 Å². The number of hydrogen-bond donors (Lipinski definition) is 2. The van der Waals surface area contributed by atoms with Gasteiger partial charge < -0.3 is 15.8 Å². The van der Waals surface area contributed by atoms with E-state index in [9.17, 15) is 0 Å². The van der Waals surface area contributed by atoms with Gasteiger partial charge in [-0.25, -0.2) is 0 Å².